The standard InChI is InChI=1S/C30H43N5O2SSi/c1-29(2)10-8-22(9-11-29)24-18-23(30(20-31)12-15-38-16-13-30)6-7-25(24)33-28(36)27-34-26(32)19-35(27)21-37-14-17-39(3,4)5/h6-8,18-19H,9-17,21,32H2,1-5H3,(H,33,36). The number of allylic oxidation sites excluding steroid dienone is 2. The van der Waals surface area contributed by atoms with E-state index in [0.717, 1.165) is 66.5 Å². The minimum atomic E-state index is -1.21. The molecule has 1 fully saturated rings. The number of imidazole rings is 1. The van der Waals surface area contributed by atoms with E-state index in [9.17, 15) is 10.1 Å². The van der Waals surface area contributed by atoms with Crippen molar-refractivity contribution in [2.45, 2.75) is 83.8 Å². The number of thioether (sulfide) groups is 1. The van der Waals surface area contributed by atoms with E-state index in [-0.39, 0.29) is 29.7 Å². The van der Waals surface area contributed by atoms with Crippen LogP contribution in [0.4, 0.5) is 11.5 Å². The summed E-state index contributed by atoms with van der Waals surface area (Å²) >= 11 is 1.91. The van der Waals surface area contributed by atoms with Crippen molar-refractivity contribution in [3.8, 4) is 6.07 Å². The summed E-state index contributed by atoms with van der Waals surface area (Å²) in [5, 5.41) is 13.3. The number of hydrogen-bond donors (Lipinski definition) is 2. The van der Waals surface area contributed by atoms with E-state index < -0.39 is 13.5 Å². The summed E-state index contributed by atoms with van der Waals surface area (Å²) in [7, 11) is -1.21. The van der Waals surface area contributed by atoms with E-state index in [1.807, 2.05) is 23.9 Å². The number of nitrogens with one attached hydrogen (secondary N) is 1. The molecule has 0 saturated carbocycles. The normalized spacial score (nSPS) is 18.7. The van der Waals surface area contributed by atoms with Crippen LogP contribution in [0.25, 0.3) is 5.57 Å². The van der Waals surface area contributed by atoms with Gasteiger partial charge in [-0.25, -0.2) is 4.98 Å². The average Bonchev–Trinajstić information content (AvgIpc) is 3.27. The predicted molar refractivity (Wildman–Crippen MR) is 165 cm³/mol. The quantitative estimate of drug-likeness (QED) is 0.253. The van der Waals surface area contributed by atoms with Gasteiger partial charge < -0.3 is 20.4 Å². The summed E-state index contributed by atoms with van der Waals surface area (Å²) in [6, 6.07) is 9.83. The Morgan fingerprint density at radius 2 is 2.00 bits per heavy atom. The summed E-state index contributed by atoms with van der Waals surface area (Å²) in [6.07, 6.45) is 8.64. The number of rotatable bonds is 9. The Balaban J connectivity index is 1.62. The largest absolute Gasteiger partial charge is 0.382 e. The van der Waals surface area contributed by atoms with E-state index in [4.69, 9.17) is 10.5 Å². The smallest absolute Gasteiger partial charge is 0.291 e. The number of carbonyl (C=O) groups is 1. The summed E-state index contributed by atoms with van der Waals surface area (Å²) in [5.41, 5.74) is 9.78. The van der Waals surface area contributed by atoms with Crippen LogP contribution < -0.4 is 11.1 Å². The van der Waals surface area contributed by atoms with Crippen molar-refractivity contribution >= 4 is 42.8 Å². The molecule has 4 rings (SSSR count). The number of hydrogen-bond acceptors (Lipinski definition) is 6. The topological polar surface area (TPSA) is 106 Å². The van der Waals surface area contributed by atoms with Crippen molar-refractivity contribution < 1.29 is 9.53 Å². The highest BCUT2D eigenvalue weighted by molar-refractivity contribution is 7.99. The average molecular weight is 566 g/mol. The number of aromatic nitrogens is 2. The van der Waals surface area contributed by atoms with Gasteiger partial charge in [0.15, 0.2) is 0 Å². The molecule has 9 heteroatoms. The van der Waals surface area contributed by atoms with Crippen molar-refractivity contribution in [2.24, 2.45) is 5.41 Å². The van der Waals surface area contributed by atoms with Crippen LogP contribution in [0, 0.1) is 16.7 Å². The Hall–Kier alpha value is -2.54. The van der Waals surface area contributed by atoms with Crippen LogP contribution in [0.15, 0.2) is 30.5 Å². The third-order valence-corrected chi connectivity index (χ3v) is 10.6. The van der Waals surface area contributed by atoms with Gasteiger partial charge >= 0.3 is 0 Å². The summed E-state index contributed by atoms with van der Waals surface area (Å²) in [6.45, 7) is 12.4. The molecule has 0 radical (unpaired) electrons. The molecule has 2 heterocycles. The first-order chi connectivity index (χ1) is 18.4. The van der Waals surface area contributed by atoms with Gasteiger partial charge in [-0.3, -0.25) is 4.79 Å². The maximum absolute atomic E-state index is 13.5. The molecule has 3 N–H and O–H groups in total. The first-order valence-corrected chi connectivity index (χ1v) is 18.8. The SMILES string of the molecule is CC1(C)CC=C(c2cc(C3(C#N)CCSCC3)ccc2NC(=O)c2nc(N)cn2COCC[Si](C)(C)C)CC1. The van der Waals surface area contributed by atoms with Crippen LogP contribution in [0.1, 0.15) is 67.7 Å². The maximum Gasteiger partial charge on any atom is 0.291 e. The number of carbonyl (C=O) groups excluding carboxylic acids is 1. The highest BCUT2D eigenvalue weighted by atomic mass is 32.2. The van der Waals surface area contributed by atoms with Gasteiger partial charge in [-0.15, -0.1) is 0 Å². The molecule has 0 unspecified atom stereocenters. The predicted octanol–water partition coefficient (Wildman–Crippen LogP) is 6.91. The molecule has 7 nitrogen and oxygen atoms in total. The lowest BCUT2D eigenvalue weighted by atomic mass is 9.74. The number of nitrogens with zero attached hydrogens (tertiary/aromatic N) is 3. The van der Waals surface area contributed by atoms with Crippen LogP contribution in [0.5, 0.6) is 0 Å². The number of ether oxygens (including phenoxy) is 1. The Bertz CT molecular complexity index is 1270. The molecule has 1 aromatic carbocycles. The van der Waals surface area contributed by atoms with Crippen molar-refractivity contribution in [2.75, 3.05) is 29.2 Å². The van der Waals surface area contributed by atoms with E-state index in [1.165, 1.54) is 5.57 Å². The van der Waals surface area contributed by atoms with Crippen molar-refractivity contribution in [1.29, 1.82) is 5.26 Å². The fraction of sp³-hybridized carbons (Fsp3) is 0.567. The van der Waals surface area contributed by atoms with Crippen LogP contribution in [0.3, 0.4) is 0 Å². The van der Waals surface area contributed by atoms with Crippen LogP contribution in [-0.4, -0.2) is 41.6 Å². The highest BCUT2D eigenvalue weighted by Crippen LogP contribution is 2.43. The number of nitriles is 1. The third-order valence-electron chi connectivity index (χ3n) is 7.92. The van der Waals surface area contributed by atoms with E-state index in [0.29, 0.717) is 6.61 Å². The zero-order chi connectivity index (χ0) is 28.3. The number of nitrogen functional groups attached to an aromatic ring is 1. The first-order valence-electron chi connectivity index (χ1n) is 14.0. The van der Waals surface area contributed by atoms with Gasteiger partial charge in [0.1, 0.15) is 12.5 Å². The number of nitrogens with two attached hydrogens (primary N) is 1. The van der Waals surface area contributed by atoms with Crippen molar-refractivity contribution in [1.82, 2.24) is 9.55 Å². The molecule has 1 aromatic heterocycles. The fourth-order valence-electron chi connectivity index (χ4n) is 5.16. The van der Waals surface area contributed by atoms with Crippen LogP contribution in [0.2, 0.25) is 25.7 Å². The van der Waals surface area contributed by atoms with Gasteiger partial charge in [0, 0.05) is 25.9 Å². The second-order valence-corrected chi connectivity index (χ2v) is 19.8. The monoisotopic (exact) mass is 565 g/mol. The van der Waals surface area contributed by atoms with Gasteiger partial charge in [0.05, 0.1) is 17.7 Å². The number of anilines is 2. The van der Waals surface area contributed by atoms with Gasteiger partial charge in [0.25, 0.3) is 5.91 Å². The second-order valence-electron chi connectivity index (χ2n) is 12.9. The fourth-order valence-corrected chi connectivity index (χ4v) is 7.10. The maximum atomic E-state index is 13.5. The molecule has 1 aliphatic carbocycles. The van der Waals surface area contributed by atoms with Gasteiger partial charge in [-0.2, -0.15) is 17.0 Å². The lowest BCUT2D eigenvalue weighted by molar-refractivity contribution is 0.0809. The minimum absolute atomic E-state index is 0.228. The number of benzene rings is 1. The molecule has 0 bridgehead atoms. The lowest BCUT2D eigenvalue weighted by Gasteiger charge is -2.33. The Kier molecular flexibility index (Phi) is 8.99. The molecule has 1 amide bonds. The van der Waals surface area contributed by atoms with Crippen molar-refractivity contribution in [3.63, 3.8) is 0 Å². The second kappa shape index (κ2) is 11.9. The van der Waals surface area contributed by atoms with Crippen LogP contribution in [-0.2, 0) is 16.9 Å². The van der Waals surface area contributed by atoms with Gasteiger partial charge in [-0.1, -0.05) is 45.6 Å². The molecule has 1 aliphatic heterocycles. The van der Waals surface area contributed by atoms with E-state index in [1.54, 1.807) is 10.8 Å². The zero-order valence-electron chi connectivity index (χ0n) is 24.1. The van der Waals surface area contributed by atoms with Gasteiger partial charge in [0.2, 0.25) is 5.82 Å². The molecule has 2 aliphatic rings. The molecular weight excluding hydrogens is 523 g/mol. The van der Waals surface area contributed by atoms with Crippen LogP contribution >= 0.6 is 11.8 Å². The summed E-state index contributed by atoms with van der Waals surface area (Å²) in [5.74, 6) is 2.17. The molecule has 0 atom stereocenters. The van der Waals surface area contributed by atoms with Crippen molar-refractivity contribution in [3.05, 3.63) is 47.4 Å². The van der Waals surface area contributed by atoms with E-state index in [2.05, 4.69) is 62.0 Å². The van der Waals surface area contributed by atoms with E-state index >= 15 is 0 Å². The highest BCUT2D eigenvalue weighted by Gasteiger charge is 2.35. The molecule has 0 spiro atoms. The Labute approximate surface area is 238 Å². The molecule has 1 saturated heterocycles. The lowest BCUT2D eigenvalue weighted by Crippen LogP contribution is -2.29. The molecular formula is C30H43N5O2SSi. The zero-order valence-corrected chi connectivity index (χ0v) is 25.9. The minimum Gasteiger partial charge on any atom is -0.382 e. The molecule has 210 valence electrons. The Morgan fingerprint density at radius 3 is 2.64 bits per heavy atom. The number of amides is 1. The Morgan fingerprint density at radius 1 is 1.26 bits per heavy atom. The first kappa shape index (κ1) is 29.4. The molecule has 39 heavy (non-hydrogen) atoms. The van der Waals surface area contributed by atoms with Gasteiger partial charge in [-0.05, 0) is 78.3 Å². The molecule has 2 aromatic rings. The summed E-state index contributed by atoms with van der Waals surface area (Å²) in [4.78, 5) is 17.8. The third kappa shape index (κ3) is 7.36. The summed E-state index contributed by atoms with van der Waals surface area (Å²) < 4.78 is 7.55.